The third kappa shape index (κ3) is 3.76. The summed E-state index contributed by atoms with van der Waals surface area (Å²) in [6.45, 7) is 0.863. The first-order chi connectivity index (χ1) is 11.2. The molecule has 3 rings (SSSR count). The summed E-state index contributed by atoms with van der Waals surface area (Å²) in [4.78, 5) is 27.6. The number of anilines is 1. The van der Waals surface area contributed by atoms with Crippen molar-refractivity contribution in [2.24, 2.45) is 0 Å². The zero-order chi connectivity index (χ0) is 16.1. The molecule has 1 aliphatic rings. The lowest BCUT2D eigenvalue weighted by Crippen LogP contribution is -2.32. The summed E-state index contributed by atoms with van der Waals surface area (Å²) < 4.78 is 10.9. The van der Waals surface area contributed by atoms with E-state index in [1.54, 1.807) is 30.3 Å². The fourth-order valence-electron chi connectivity index (χ4n) is 2.09. The predicted octanol–water partition coefficient (Wildman–Crippen LogP) is 1.22. The third-order valence-electron chi connectivity index (χ3n) is 3.18. The minimum atomic E-state index is -0.330. The van der Waals surface area contributed by atoms with Crippen LogP contribution in [0.2, 0.25) is 0 Å². The van der Waals surface area contributed by atoms with Gasteiger partial charge in [0, 0.05) is 29.7 Å². The van der Waals surface area contributed by atoms with Crippen LogP contribution < -0.4 is 20.1 Å². The van der Waals surface area contributed by atoms with Crippen molar-refractivity contribution in [3.05, 3.63) is 48.3 Å². The van der Waals surface area contributed by atoms with Crippen molar-refractivity contribution < 1.29 is 19.1 Å². The Balaban J connectivity index is 1.54. The van der Waals surface area contributed by atoms with Crippen molar-refractivity contribution in [3.63, 3.8) is 0 Å². The lowest BCUT2D eigenvalue weighted by Gasteiger charge is -2.19. The van der Waals surface area contributed by atoms with Gasteiger partial charge in [-0.15, -0.1) is 0 Å². The Bertz CT molecular complexity index is 719. The zero-order valence-electron chi connectivity index (χ0n) is 12.2. The van der Waals surface area contributed by atoms with E-state index in [1.807, 2.05) is 0 Å². The van der Waals surface area contributed by atoms with Gasteiger partial charge in [-0.1, -0.05) is 0 Å². The first kappa shape index (κ1) is 14.8. The second-order valence-corrected chi connectivity index (χ2v) is 4.83. The summed E-state index contributed by atoms with van der Waals surface area (Å²) in [5.41, 5.74) is 1.03. The number of amides is 2. The number of hydrogen-bond donors (Lipinski definition) is 2. The third-order valence-corrected chi connectivity index (χ3v) is 3.18. The van der Waals surface area contributed by atoms with Gasteiger partial charge in [0.2, 0.25) is 5.91 Å². The summed E-state index contributed by atoms with van der Waals surface area (Å²) >= 11 is 0. The monoisotopic (exact) mass is 313 g/mol. The highest BCUT2D eigenvalue weighted by molar-refractivity contribution is 5.99. The maximum Gasteiger partial charge on any atom is 0.251 e. The molecule has 0 radical (unpaired) electrons. The largest absolute Gasteiger partial charge is 0.486 e. The highest BCUT2D eigenvalue weighted by Crippen LogP contribution is 2.32. The van der Waals surface area contributed by atoms with Gasteiger partial charge in [0.1, 0.15) is 13.2 Å². The molecule has 23 heavy (non-hydrogen) atoms. The van der Waals surface area contributed by atoms with Crippen molar-refractivity contribution >= 4 is 17.5 Å². The molecule has 0 saturated carbocycles. The highest BCUT2D eigenvalue weighted by atomic mass is 16.6. The van der Waals surface area contributed by atoms with Gasteiger partial charge in [0.25, 0.3) is 5.91 Å². The van der Waals surface area contributed by atoms with Gasteiger partial charge in [0.05, 0.1) is 6.54 Å². The molecular weight excluding hydrogens is 298 g/mol. The fourth-order valence-corrected chi connectivity index (χ4v) is 2.09. The second-order valence-electron chi connectivity index (χ2n) is 4.83. The molecule has 0 bridgehead atoms. The number of rotatable bonds is 4. The van der Waals surface area contributed by atoms with E-state index < -0.39 is 0 Å². The van der Waals surface area contributed by atoms with Crippen molar-refractivity contribution in [2.75, 3.05) is 25.1 Å². The molecule has 7 nitrogen and oxygen atoms in total. The molecule has 0 aliphatic carbocycles. The van der Waals surface area contributed by atoms with Gasteiger partial charge in [-0.05, 0) is 24.3 Å². The van der Waals surface area contributed by atoms with Crippen LogP contribution in [0.5, 0.6) is 11.5 Å². The number of aromatic nitrogens is 1. The van der Waals surface area contributed by atoms with Gasteiger partial charge in [-0.2, -0.15) is 0 Å². The van der Waals surface area contributed by atoms with Crippen LogP contribution in [0.1, 0.15) is 10.4 Å². The molecule has 118 valence electrons. The summed E-state index contributed by atoms with van der Waals surface area (Å²) in [5.74, 6) is 0.587. The van der Waals surface area contributed by atoms with Gasteiger partial charge >= 0.3 is 0 Å². The minimum Gasteiger partial charge on any atom is -0.486 e. The Hall–Kier alpha value is -3.09. The van der Waals surface area contributed by atoms with Gasteiger partial charge in [-0.3, -0.25) is 14.6 Å². The lowest BCUT2D eigenvalue weighted by molar-refractivity contribution is -0.115. The summed E-state index contributed by atoms with van der Waals surface area (Å²) in [6, 6.07) is 8.30. The number of nitrogens with zero attached hydrogens (tertiary/aromatic N) is 1. The van der Waals surface area contributed by atoms with E-state index in [0.717, 1.165) is 0 Å². The van der Waals surface area contributed by atoms with Gasteiger partial charge in [-0.25, -0.2) is 0 Å². The first-order valence-corrected chi connectivity index (χ1v) is 7.10. The standard InChI is InChI=1S/C16H15N3O4/c20-15(10-18-16(21)11-3-5-17-6-4-11)19-12-1-2-13-14(9-12)23-8-7-22-13/h1-6,9H,7-8,10H2,(H,18,21)(H,19,20). The normalized spacial score (nSPS) is 12.3. The van der Waals surface area contributed by atoms with Crippen LogP contribution in [0.3, 0.4) is 0 Å². The number of carbonyl (C=O) groups excluding carboxylic acids is 2. The van der Waals surface area contributed by atoms with Crippen LogP contribution in [-0.2, 0) is 4.79 Å². The Labute approximate surface area is 132 Å². The minimum absolute atomic E-state index is 0.129. The molecule has 2 N–H and O–H groups in total. The number of benzene rings is 1. The quantitative estimate of drug-likeness (QED) is 0.886. The van der Waals surface area contributed by atoms with Crippen molar-refractivity contribution in [3.8, 4) is 11.5 Å². The molecule has 1 aromatic carbocycles. The molecular formula is C16H15N3O4. The number of hydrogen-bond acceptors (Lipinski definition) is 5. The summed E-state index contributed by atoms with van der Waals surface area (Å²) in [7, 11) is 0. The molecule has 2 aromatic rings. The van der Waals surface area contributed by atoms with E-state index in [2.05, 4.69) is 15.6 Å². The molecule has 0 unspecified atom stereocenters. The molecule has 0 atom stereocenters. The number of ether oxygens (including phenoxy) is 2. The molecule has 7 heteroatoms. The van der Waals surface area contributed by atoms with Crippen LogP contribution in [0, 0.1) is 0 Å². The van der Waals surface area contributed by atoms with Crippen LogP contribution in [0.15, 0.2) is 42.7 Å². The lowest BCUT2D eigenvalue weighted by atomic mass is 10.2. The molecule has 0 fully saturated rings. The Morgan fingerprint density at radius 1 is 1.04 bits per heavy atom. The van der Waals surface area contributed by atoms with Crippen molar-refractivity contribution in [1.29, 1.82) is 0 Å². The Morgan fingerprint density at radius 2 is 1.78 bits per heavy atom. The molecule has 1 aliphatic heterocycles. The molecule has 1 aromatic heterocycles. The second kappa shape index (κ2) is 6.78. The number of pyridine rings is 1. The molecule has 2 heterocycles. The molecule has 2 amide bonds. The van der Waals surface area contributed by atoms with E-state index in [9.17, 15) is 9.59 Å². The smallest absolute Gasteiger partial charge is 0.251 e. The Morgan fingerprint density at radius 3 is 2.57 bits per heavy atom. The van der Waals surface area contributed by atoms with Gasteiger partial charge in [0.15, 0.2) is 11.5 Å². The van der Waals surface area contributed by atoms with E-state index in [1.165, 1.54) is 12.4 Å². The first-order valence-electron chi connectivity index (χ1n) is 7.10. The number of carbonyl (C=O) groups is 2. The van der Waals surface area contributed by atoms with E-state index in [-0.39, 0.29) is 18.4 Å². The maximum atomic E-state index is 11.9. The van der Waals surface area contributed by atoms with Crippen LogP contribution >= 0.6 is 0 Å². The SMILES string of the molecule is O=C(CNC(=O)c1ccncc1)Nc1ccc2c(c1)OCCO2. The number of fused-ring (bicyclic) bond motifs is 1. The molecule has 0 spiro atoms. The fraction of sp³-hybridized carbons (Fsp3) is 0.188. The van der Waals surface area contributed by atoms with Crippen LogP contribution in [-0.4, -0.2) is 36.6 Å². The van der Waals surface area contributed by atoms with E-state index in [0.29, 0.717) is 36.0 Å². The summed E-state index contributed by atoms with van der Waals surface area (Å²) in [5, 5.41) is 5.24. The van der Waals surface area contributed by atoms with Crippen LogP contribution in [0.4, 0.5) is 5.69 Å². The average molecular weight is 313 g/mol. The topological polar surface area (TPSA) is 89.6 Å². The van der Waals surface area contributed by atoms with Gasteiger partial charge < -0.3 is 20.1 Å². The summed E-state index contributed by atoms with van der Waals surface area (Å²) in [6.07, 6.45) is 3.04. The zero-order valence-corrected chi connectivity index (χ0v) is 12.2. The van der Waals surface area contributed by atoms with Crippen LogP contribution in [0.25, 0.3) is 0 Å². The predicted molar refractivity (Wildman–Crippen MR) is 82.6 cm³/mol. The van der Waals surface area contributed by atoms with E-state index >= 15 is 0 Å². The molecule has 0 saturated heterocycles. The average Bonchev–Trinajstić information content (AvgIpc) is 2.60. The van der Waals surface area contributed by atoms with E-state index in [4.69, 9.17) is 9.47 Å². The highest BCUT2D eigenvalue weighted by Gasteiger charge is 2.13. The Kier molecular flexibility index (Phi) is 4.37. The van der Waals surface area contributed by atoms with Crippen molar-refractivity contribution in [2.45, 2.75) is 0 Å². The maximum absolute atomic E-state index is 11.9. The number of nitrogens with one attached hydrogen (secondary N) is 2. The van der Waals surface area contributed by atoms with Crippen molar-refractivity contribution in [1.82, 2.24) is 10.3 Å².